The first kappa shape index (κ1) is 16.0. The lowest BCUT2D eigenvalue weighted by atomic mass is 10.4. The second-order valence-corrected chi connectivity index (χ2v) is 5.17. The molecule has 0 aromatic carbocycles. The monoisotopic (exact) mass is 325 g/mol. The Morgan fingerprint density at radius 3 is 2.68 bits per heavy atom. The summed E-state index contributed by atoms with van der Waals surface area (Å²) >= 11 is 6.04. The van der Waals surface area contributed by atoms with E-state index in [1.165, 1.54) is 17.1 Å². The topological polar surface area (TPSA) is 102 Å². The van der Waals surface area contributed by atoms with Gasteiger partial charge in [0.15, 0.2) is 0 Å². The van der Waals surface area contributed by atoms with Gasteiger partial charge in [-0.15, -0.1) is 0 Å². The zero-order valence-electron chi connectivity index (χ0n) is 12.2. The van der Waals surface area contributed by atoms with Crippen molar-refractivity contribution in [3.63, 3.8) is 0 Å². The summed E-state index contributed by atoms with van der Waals surface area (Å²) in [6.07, 6.45) is 2.51. The first-order chi connectivity index (χ1) is 10.4. The van der Waals surface area contributed by atoms with Crippen LogP contribution < -0.4 is 5.32 Å². The molecule has 0 aliphatic rings. The number of halogens is 1. The minimum Gasteiger partial charge on any atom is -0.478 e. The third-order valence-electron chi connectivity index (χ3n) is 3.12. The Labute approximate surface area is 131 Å². The number of hydrogen-bond donors (Lipinski definition) is 2. The molecule has 2 aromatic rings. The lowest BCUT2D eigenvalue weighted by Gasteiger charge is -2.07. The molecular formula is C13H16ClN5O3. The van der Waals surface area contributed by atoms with Crippen molar-refractivity contribution in [2.75, 3.05) is 6.54 Å². The molecule has 0 saturated carbocycles. The van der Waals surface area contributed by atoms with Crippen LogP contribution in [0.3, 0.4) is 0 Å². The molecule has 0 radical (unpaired) electrons. The molecule has 0 unspecified atom stereocenters. The molecule has 0 aliphatic carbocycles. The average Bonchev–Trinajstić information content (AvgIpc) is 3.01. The Morgan fingerprint density at radius 1 is 1.41 bits per heavy atom. The summed E-state index contributed by atoms with van der Waals surface area (Å²) in [6.45, 7) is 4.55. The quantitative estimate of drug-likeness (QED) is 0.820. The predicted octanol–water partition coefficient (Wildman–Crippen LogP) is 0.864. The second-order valence-electron chi connectivity index (χ2n) is 4.79. The molecule has 8 nitrogen and oxygen atoms in total. The van der Waals surface area contributed by atoms with Crippen LogP contribution in [0.15, 0.2) is 12.4 Å². The number of aryl methyl sites for hydroxylation is 1. The van der Waals surface area contributed by atoms with Gasteiger partial charge in [-0.3, -0.25) is 14.2 Å². The third kappa shape index (κ3) is 3.64. The molecule has 0 fully saturated rings. The maximum Gasteiger partial charge on any atom is 0.338 e. The summed E-state index contributed by atoms with van der Waals surface area (Å²) in [5, 5.41) is 20.2. The highest BCUT2D eigenvalue weighted by Crippen LogP contribution is 2.18. The van der Waals surface area contributed by atoms with E-state index in [2.05, 4.69) is 15.5 Å². The number of aromatic carboxylic acids is 1. The van der Waals surface area contributed by atoms with Crippen molar-refractivity contribution in [1.82, 2.24) is 24.9 Å². The number of hydrogen-bond acceptors (Lipinski definition) is 4. The fourth-order valence-electron chi connectivity index (χ4n) is 1.96. The van der Waals surface area contributed by atoms with Gasteiger partial charge in [0.05, 0.1) is 34.7 Å². The first-order valence-electron chi connectivity index (χ1n) is 6.60. The molecule has 2 heterocycles. The van der Waals surface area contributed by atoms with E-state index in [1.54, 1.807) is 4.68 Å². The van der Waals surface area contributed by atoms with Gasteiger partial charge < -0.3 is 10.4 Å². The highest BCUT2D eigenvalue weighted by molar-refractivity contribution is 6.31. The van der Waals surface area contributed by atoms with Gasteiger partial charge in [0.25, 0.3) is 0 Å². The minimum absolute atomic E-state index is 0.0366. The zero-order chi connectivity index (χ0) is 16.3. The molecule has 9 heteroatoms. The maximum atomic E-state index is 11.8. The largest absolute Gasteiger partial charge is 0.478 e. The van der Waals surface area contributed by atoms with Crippen molar-refractivity contribution >= 4 is 23.5 Å². The highest BCUT2D eigenvalue weighted by Gasteiger charge is 2.10. The van der Waals surface area contributed by atoms with Crippen LogP contribution in [0.25, 0.3) is 0 Å². The molecule has 0 atom stereocenters. The van der Waals surface area contributed by atoms with Crippen LogP contribution in [0.1, 0.15) is 21.7 Å². The SMILES string of the molecule is Cc1nn(CCNC(=O)Cn2cc(C(=O)O)cn2)c(C)c1Cl. The van der Waals surface area contributed by atoms with E-state index in [-0.39, 0.29) is 18.0 Å². The molecule has 0 bridgehead atoms. The van der Waals surface area contributed by atoms with Gasteiger partial charge in [-0.2, -0.15) is 10.2 Å². The van der Waals surface area contributed by atoms with E-state index < -0.39 is 5.97 Å². The average molecular weight is 326 g/mol. The Hall–Kier alpha value is -2.35. The fraction of sp³-hybridized carbons (Fsp3) is 0.385. The van der Waals surface area contributed by atoms with Crippen molar-refractivity contribution in [2.45, 2.75) is 26.9 Å². The van der Waals surface area contributed by atoms with Crippen molar-refractivity contribution < 1.29 is 14.7 Å². The number of nitrogens with zero attached hydrogens (tertiary/aromatic N) is 4. The van der Waals surface area contributed by atoms with E-state index in [1.807, 2.05) is 13.8 Å². The lowest BCUT2D eigenvalue weighted by Crippen LogP contribution is -2.31. The van der Waals surface area contributed by atoms with Crippen molar-refractivity contribution in [2.24, 2.45) is 0 Å². The van der Waals surface area contributed by atoms with Crippen molar-refractivity contribution in [3.05, 3.63) is 34.4 Å². The first-order valence-corrected chi connectivity index (χ1v) is 6.98. The minimum atomic E-state index is -1.08. The summed E-state index contributed by atoms with van der Waals surface area (Å²) in [7, 11) is 0. The fourth-order valence-corrected chi connectivity index (χ4v) is 2.09. The van der Waals surface area contributed by atoms with Crippen LogP contribution in [0.4, 0.5) is 0 Å². The molecule has 0 spiro atoms. The van der Waals surface area contributed by atoms with Crippen molar-refractivity contribution in [1.29, 1.82) is 0 Å². The normalized spacial score (nSPS) is 10.7. The van der Waals surface area contributed by atoms with Crippen LogP contribution in [-0.4, -0.2) is 43.1 Å². The van der Waals surface area contributed by atoms with E-state index in [0.717, 1.165) is 11.4 Å². The number of aromatic nitrogens is 4. The van der Waals surface area contributed by atoms with Crippen LogP contribution >= 0.6 is 11.6 Å². The van der Waals surface area contributed by atoms with Gasteiger partial charge in [-0.25, -0.2) is 4.79 Å². The van der Waals surface area contributed by atoms with E-state index >= 15 is 0 Å². The Bertz CT molecular complexity index is 707. The van der Waals surface area contributed by atoms with Gasteiger partial charge in [0.1, 0.15) is 6.54 Å². The molecule has 118 valence electrons. The molecule has 22 heavy (non-hydrogen) atoms. The number of carbonyl (C=O) groups is 2. The molecular weight excluding hydrogens is 310 g/mol. The summed E-state index contributed by atoms with van der Waals surface area (Å²) < 4.78 is 3.01. The standard InChI is InChI=1S/C13H16ClN5O3/c1-8-12(14)9(2)19(17-8)4-3-15-11(20)7-18-6-10(5-16-18)13(21)22/h5-6H,3-4,7H2,1-2H3,(H,15,20)(H,21,22). The lowest BCUT2D eigenvalue weighted by molar-refractivity contribution is -0.121. The Kier molecular flexibility index (Phi) is 4.81. The number of carbonyl (C=O) groups excluding carboxylic acids is 1. The molecule has 0 saturated heterocycles. The highest BCUT2D eigenvalue weighted by atomic mass is 35.5. The second kappa shape index (κ2) is 6.61. The van der Waals surface area contributed by atoms with Gasteiger partial charge in [0, 0.05) is 12.7 Å². The van der Waals surface area contributed by atoms with Crippen LogP contribution in [-0.2, 0) is 17.9 Å². The number of carboxylic acids is 1. The zero-order valence-corrected chi connectivity index (χ0v) is 13.0. The molecule has 2 N–H and O–H groups in total. The molecule has 0 aliphatic heterocycles. The summed E-state index contributed by atoms with van der Waals surface area (Å²) in [6, 6.07) is 0. The van der Waals surface area contributed by atoms with Crippen LogP contribution in [0.5, 0.6) is 0 Å². The summed E-state index contributed by atoms with van der Waals surface area (Å²) in [5.74, 6) is -1.33. The van der Waals surface area contributed by atoms with Gasteiger partial charge in [-0.1, -0.05) is 11.6 Å². The van der Waals surface area contributed by atoms with E-state index in [4.69, 9.17) is 16.7 Å². The van der Waals surface area contributed by atoms with Gasteiger partial charge in [-0.05, 0) is 13.8 Å². The molecule has 1 amide bonds. The smallest absolute Gasteiger partial charge is 0.338 e. The maximum absolute atomic E-state index is 11.8. The number of nitrogens with one attached hydrogen (secondary N) is 1. The number of amides is 1. The van der Waals surface area contributed by atoms with Gasteiger partial charge >= 0.3 is 5.97 Å². The summed E-state index contributed by atoms with van der Waals surface area (Å²) in [5.41, 5.74) is 1.65. The van der Waals surface area contributed by atoms with E-state index in [9.17, 15) is 9.59 Å². The predicted molar refractivity (Wildman–Crippen MR) is 78.9 cm³/mol. The van der Waals surface area contributed by atoms with E-state index in [0.29, 0.717) is 18.1 Å². The number of rotatable bonds is 6. The van der Waals surface area contributed by atoms with Gasteiger partial charge in [0.2, 0.25) is 5.91 Å². The Morgan fingerprint density at radius 2 is 2.14 bits per heavy atom. The Balaban J connectivity index is 1.82. The third-order valence-corrected chi connectivity index (χ3v) is 3.67. The molecule has 2 aromatic heterocycles. The van der Waals surface area contributed by atoms with Crippen molar-refractivity contribution in [3.8, 4) is 0 Å². The number of carboxylic acid groups (broad SMARTS) is 1. The van der Waals surface area contributed by atoms with Crippen LogP contribution in [0.2, 0.25) is 5.02 Å². The summed E-state index contributed by atoms with van der Waals surface area (Å²) in [4.78, 5) is 22.5. The van der Waals surface area contributed by atoms with Crippen LogP contribution in [0, 0.1) is 13.8 Å². The molecule has 2 rings (SSSR count).